The maximum atomic E-state index is 13.2. The van der Waals surface area contributed by atoms with E-state index in [2.05, 4.69) is 11.2 Å². The third kappa shape index (κ3) is 3.14. The van der Waals surface area contributed by atoms with Gasteiger partial charge in [-0.15, -0.1) is 0 Å². The number of aliphatic hydroxyl groups is 1. The van der Waals surface area contributed by atoms with E-state index in [0.717, 1.165) is 33.2 Å². The van der Waals surface area contributed by atoms with E-state index in [1.807, 2.05) is 35.9 Å². The van der Waals surface area contributed by atoms with Gasteiger partial charge in [0.2, 0.25) is 0 Å². The Labute approximate surface area is 193 Å². The standard InChI is InChI=1S/C24H20Cl2N4O2/c1-28-22-6-3-14(21-7-8-27-30(21)9-10-31)11-17(22)18-13-19(24(32)29(2)23(18)28)16-5-4-15(25)12-20(16)26/h3-8,11-13,31H,9-10H2,1-2H3. The van der Waals surface area contributed by atoms with Crippen LogP contribution in [0.25, 0.3) is 44.3 Å². The molecule has 32 heavy (non-hydrogen) atoms. The first kappa shape index (κ1) is 20.8. The topological polar surface area (TPSA) is 65.0 Å². The number of nitrogens with zero attached hydrogens (tertiary/aromatic N) is 4. The number of halogens is 2. The molecule has 0 aliphatic heterocycles. The van der Waals surface area contributed by atoms with Gasteiger partial charge in [-0.1, -0.05) is 35.3 Å². The SMILES string of the molecule is Cn1c(=O)c(-c2ccc(Cl)cc2Cl)cc2c3cc(-c4ccnn4CCO)ccc3n(C)c21. The Morgan fingerprint density at radius 2 is 1.75 bits per heavy atom. The van der Waals surface area contributed by atoms with E-state index in [9.17, 15) is 9.90 Å². The lowest BCUT2D eigenvalue weighted by Gasteiger charge is -2.09. The molecule has 3 heterocycles. The van der Waals surface area contributed by atoms with E-state index in [-0.39, 0.29) is 12.2 Å². The van der Waals surface area contributed by atoms with Gasteiger partial charge >= 0.3 is 0 Å². The van der Waals surface area contributed by atoms with Crippen molar-refractivity contribution < 1.29 is 5.11 Å². The molecule has 1 N–H and O–H groups in total. The monoisotopic (exact) mass is 466 g/mol. The number of benzene rings is 2. The third-order valence-electron chi connectivity index (χ3n) is 5.89. The Bertz CT molecular complexity index is 1560. The quantitative estimate of drug-likeness (QED) is 0.411. The maximum Gasteiger partial charge on any atom is 0.259 e. The third-order valence-corrected chi connectivity index (χ3v) is 6.44. The van der Waals surface area contributed by atoms with E-state index < -0.39 is 0 Å². The molecular formula is C24H20Cl2N4O2. The first-order valence-electron chi connectivity index (χ1n) is 10.1. The predicted molar refractivity (Wildman–Crippen MR) is 129 cm³/mol. The lowest BCUT2D eigenvalue weighted by Crippen LogP contribution is -2.20. The highest BCUT2D eigenvalue weighted by Gasteiger charge is 2.18. The van der Waals surface area contributed by atoms with E-state index in [4.69, 9.17) is 23.2 Å². The zero-order valence-electron chi connectivity index (χ0n) is 17.5. The molecule has 0 saturated carbocycles. The molecule has 0 fully saturated rings. The molecule has 0 bridgehead atoms. The average molecular weight is 467 g/mol. The number of aryl methyl sites for hydroxylation is 2. The summed E-state index contributed by atoms with van der Waals surface area (Å²) in [6.07, 6.45) is 1.72. The number of hydrogen-bond acceptors (Lipinski definition) is 3. The van der Waals surface area contributed by atoms with Gasteiger partial charge in [0.15, 0.2) is 0 Å². The Kier molecular flexibility index (Phi) is 5.08. The van der Waals surface area contributed by atoms with Crippen LogP contribution in [0.5, 0.6) is 0 Å². The molecule has 0 unspecified atom stereocenters. The van der Waals surface area contributed by atoms with Crippen molar-refractivity contribution >= 4 is 45.1 Å². The van der Waals surface area contributed by atoms with Crippen LogP contribution in [0.4, 0.5) is 0 Å². The van der Waals surface area contributed by atoms with Crippen molar-refractivity contribution in [3.63, 3.8) is 0 Å². The van der Waals surface area contributed by atoms with E-state index >= 15 is 0 Å². The van der Waals surface area contributed by atoms with Crippen molar-refractivity contribution in [1.82, 2.24) is 18.9 Å². The summed E-state index contributed by atoms with van der Waals surface area (Å²) < 4.78 is 5.46. The Balaban J connectivity index is 1.81. The van der Waals surface area contributed by atoms with Crippen LogP contribution in [0, 0.1) is 0 Å². The lowest BCUT2D eigenvalue weighted by molar-refractivity contribution is 0.270. The second-order valence-corrected chi connectivity index (χ2v) is 8.58. The molecule has 162 valence electrons. The van der Waals surface area contributed by atoms with E-state index in [1.165, 1.54) is 0 Å². The molecule has 0 saturated heterocycles. The van der Waals surface area contributed by atoms with E-state index in [0.29, 0.717) is 27.7 Å². The van der Waals surface area contributed by atoms with Crippen LogP contribution >= 0.6 is 23.2 Å². The van der Waals surface area contributed by atoms with Crippen molar-refractivity contribution in [3.8, 4) is 22.4 Å². The first-order valence-corrected chi connectivity index (χ1v) is 10.9. The molecule has 2 aromatic carbocycles. The minimum atomic E-state index is -0.131. The van der Waals surface area contributed by atoms with Crippen molar-refractivity contribution in [3.05, 3.63) is 75.1 Å². The molecule has 5 rings (SSSR count). The summed E-state index contributed by atoms with van der Waals surface area (Å²) in [4.78, 5) is 13.2. The fourth-order valence-electron chi connectivity index (χ4n) is 4.40. The number of fused-ring (bicyclic) bond motifs is 3. The predicted octanol–water partition coefficient (Wildman–Crippen LogP) is 4.86. The molecule has 0 aliphatic rings. The Morgan fingerprint density at radius 3 is 2.50 bits per heavy atom. The van der Waals surface area contributed by atoms with Crippen LogP contribution in [0.15, 0.2) is 59.5 Å². The largest absolute Gasteiger partial charge is 0.394 e. The summed E-state index contributed by atoms with van der Waals surface area (Å²) in [6, 6.07) is 15.2. The summed E-state index contributed by atoms with van der Waals surface area (Å²) in [6.45, 7) is 0.433. The molecule has 0 radical (unpaired) electrons. The fraction of sp³-hybridized carbons (Fsp3) is 0.167. The van der Waals surface area contributed by atoms with Crippen molar-refractivity contribution in [2.45, 2.75) is 6.54 Å². The molecule has 0 aliphatic carbocycles. The normalized spacial score (nSPS) is 11.7. The van der Waals surface area contributed by atoms with Crippen LogP contribution in [-0.2, 0) is 20.6 Å². The minimum absolute atomic E-state index is 0.0124. The second-order valence-electron chi connectivity index (χ2n) is 7.74. The number of rotatable bonds is 4. The van der Waals surface area contributed by atoms with Gasteiger partial charge in [0, 0.05) is 52.8 Å². The lowest BCUT2D eigenvalue weighted by atomic mass is 10.0. The van der Waals surface area contributed by atoms with Crippen LogP contribution in [0.2, 0.25) is 10.0 Å². The van der Waals surface area contributed by atoms with Gasteiger partial charge in [0.1, 0.15) is 5.65 Å². The highest BCUT2D eigenvalue weighted by atomic mass is 35.5. The Hall–Kier alpha value is -3.06. The zero-order chi connectivity index (χ0) is 22.6. The number of hydrogen-bond donors (Lipinski definition) is 1. The van der Waals surface area contributed by atoms with Gasteiger partial charge in [0.05, 0.1) is 29.4 Å². The average Bonchev–Trinajstić information content (AvgIpc) is 3.34. The van der Waals surface area contributed by atoms with E-state index in [1.54, 1.807) is 40.7 Å². The molecule has 8 heteroatoms. The number of aromatic nitrogens is 4. The molecule has 0 amide bonds. The van der Waals surface area contributed by atoms with Gasteiger partial charge in [-0.25, -0.2) is 0 Å². The van der Waals surface area contributed by atoms with Gasteiger partial charge in [0.25, 0.3) is 5.56 Å². The zero-order valence-corrected chi connectivity index (χ0v) is 19.0. The minimum Gasteiger partial charge on any atom is -0.394 e. The molecule has 0 spiro atoms. The smallest absolute Gasteiger partial charge is 0.259 e. The van der Waals surface area contributed by atoms with Gasteiger partial charge < -0.3 is 9.67 Å². The van der Waals surface area contributed by atoms with Crippen LogP contribution in [0.1, 0.15) is 0 Å². The fourth-order valence-corrected chi connectivity index (χ4v) is 4.91. The maximum absolute atomic E-state index is 13.2. The molecule has 6 nitrogen and oxygen atoms in total. The second kappa shape index (κ2) is 7.81. The number of pyridine rings is 1. The summed E-state index contributed by atoms with van der Waals surface area (Å²) in [5, 5.41) is 16.6. The summed E-state index contributed by atoms with van der Waals surface area (Å²) >= 11 is 12.5. The highest BCUT2D eigenvalue weighted by Crippen LogP contribution is 2.35. The number of aliphatic hydroxyl groups excluding tert-OH is 1. The van der Waals surface area contributed by atoms with Gasteiger partial charge in [-0.3, -0.25) is 14.0 Å². The van der Waals surface area contributed by atoms with Crippen LogP contribution in [-0.4, -0.2) is 30.6 Å². The van der Waals surface area contributed by atoms with Crippen LogP contribution in [0.3, 0.4) is 0 Å². The van der Waals surface area contributed by atoms with Gasteiger partial charge in [-0.2, -0.15) is 5.10 Å². The van der Waals surface area contributed by atoms with Crippen LogP contribution < -0.4 is 5.56 Å². The van der Waals surface area contributed by atoms with Gasteiger partial charge in [-0.05, 0) is 36.4 Å². The summed E-state index contributed by atoms with van der Waals surface area (Å²) in [7, 11) is 3.73. The van der Waals surface area contributed by atoms with Crippen molar-refractivity contribution in [1.29, 1.82) is 0 Å². The molecule has 3 aromatic heterocycles. The summed E-state index contributed by atoms with van der Waals surface area (Å²) in [5.41, 5.74) is 4.76. The van der Waals surface area contributed by atoms with Crippen molar-refractivity contribution in [2.24, 2.45) is 14.1 Å². The first-order chi connectivity index (χ1) is 15.4. The molecule has 0 atom stereocenters. The highest BCUT2D eigenvalue weighted by molar-refractivity contribution is 6.36. The van der Waals surface area contributed by atoms with Crippen molar-refractivity contribution in [2.75, 3.05) is 6.61 Å². The molecular weight excluding hydrogens is 447 g/mol. The Morgan fingerprint density at radius 1 is 0.938 bits per heavy atom. The molecule has 5 aromatic rings. The summed E-state index contributed by atoms with van der Waals surface area (Å²) in [5.74, 6) is 0.